The van der Waals surface area contributed by atoms with Crippen LogP contribution in [0.15, 0.2) is 71.6 Å². The first-order chi connectivity index (χ1) is 15.2. The van der Waals surface area contributed by atoms with E-state index in [0.717, 1.165) is 0 Å². The molecule has 1 amide bonds. The maximum absolute atomic E-state index is 12.9. The third kappa shape index (κ3) is 5.46. The number of nitrogens with one attached hydrogen (secondary N) is 2. The van der Waals surface area contributed by atoms with Gasteiger partial charge in [0.25, 0.3) is 15.9 Å². The SMILES string of the molecule is CCOC(=O)c1ccc(NC(=O)c2ccc(C)c(S(=O)(=O)Nc3ccccc3)c2)c(Cl)c1. The van der Waals surface area contributed by atoms with Crippen molar-refractivity contribution in [2.45, 2.75) is 18.7 Å². The molecule has 0 saturated carbocycles. The van der Waals surface area contributed by atoms with Crippen LogP contribution in [0.2, 0.25) is 5.02 Å². The van der Waals surface area contributed by atoms with E-state index in [4.69, 9.17) is 16.3 Å². The van der Waals surface area contributed by atoms with Gasteiger partial charge in [0.1, 0.15) is 0 Å². The fraction of sp³-hybridized carbons (Fsp3) is 0.130. The quantitative estimate of drug-likeness (QED) is 0.477. The Labute approximate surface area is 191 Å². The van der Waals surface area contributed by atoms with Crippen molar-refractivity contribution in [1.29, 1.82) is 0 Å². The molecule has 0 radical (unpaired) electrons. The predicted octanol–water partition coefficient (Wildman–Crippen LogP) is 4.88. The van der Waals surface area contributed by atoms with Crippen molar-refractivity contribution >= 4 is 44.9 Å². The van der Waals surface area contributed by atoms with Gasteiger partial charge in [-0.25, -0.2) is 13.2 Å². The summed E-state index contributed by atoms with van der Waals surface area (Å²) in [6, 6.07) is 17.2. The number of sulfonamides is 1. The van der Waals surface area contributed by atoms with E-state index >= 15 is 0 Å². The Hall–Kier alpha value is -3.36. The Morgan fingerprint density at radius 1 is 0.969 bits per heavy atom. The first-order valence-electron chi connectivity index (χ1n) is 9.68. The molecule has 2 N–H and O–H groups in total. The topological polar surface area (TPSA) is 102 Å². The summed E-state index contributed by atoms with van der Waals surface area (Å²) >= 11 is 6.20. The van der Waals surface area contributed by atoms with Crippen molar-refractivity contribution < 1.29 is 22.7 Å². The first kappa shape index (κ1) is 23.3. The lowest BCUT2D eigenvalue weighted by atomic mass is 10.1. The van der Waals surface area contributed by atoms with E-state index in [9.17, 15) is 18.0 Å². The molecule has 0 aliphatic rings. The molecule has 0 fully saturated rings. The van der Waals surface area contributed by atoms with Crippen molar-refractivity contribution in [1.82, 2.24) is 0 Å². The molecule has 0 heterocycles. The maximum Gasteiger partial charge on any atom is 0.338 e. The number of esters is 1. The minimum absolute atomic E-state index is 0.0160. The Morgan fingerprint density at radius 2 is 1.66 bits per heavy atom. The minimum Gasteiger partial charge on any atom is -0.462 e. The lowest BCUT2D eigenvalue weighted by Gasteiger charge is -2.13. The number of carbonyl (C=O) groups is 2. The fourth-order valence-corrected chi connectivity index (χ4v) is 4.46. The normalized spacial score (nSPS) is 11.0. The van der Waals surface area contributed by atoms with Gasteiger partial charge < -0.3 is 10.1 Å². The van der Waals surface area contributed by atoms with Crippen molar-refractivity contribution in [3.8, 4) is 0 Å². The Kier molecular flexibility index (Phi) is 7.17. The standard InChI is InChI=1S/C23H21ClN2O5S/c1-3-31-23(28)17-11-12-20(19(24)13-17)25-22(27)16-10-9-15(2)21(14-16)32(29,30)26-18-7-5-4-6-8-18/h4-14,26H,3H2,1-2H3,(H,25,27). The van der Waals surface area contributed by atoms with E-state index in [2.05, 4.69) is 10.0 Å². The zero-order valence-corrected chi connectivity index (χ0v) is 19.0. The van der Waals surface area contributed by atoms with Gasteiger partial charge in [-0.3, -0.25) is 9.52 Å². The molecule has 0 bridgehead atoms. The average molecular weight is 473 g/mol. The number of hydrogen-bond donors (Lipinski definition) is 2. The smallest absolute Gasteiger partial charge is 0.338 e. The number of amides is 1. The lowest BCUT2D eigenvalue weighted by Crippen LogP contribution is -2.17. The van der Waals surface area contributed by atoms with Crippen LogP contribution in [-0.4, -0.2) is 26.9 Å². The molecule has 0 saturated heterocycles. The highest BCUT2D eigenvalue weighted by atomic mass is 35.5. The molecule has 3 aromatic rings. The zero-order valence-electron chi connectivity index (χ0n) is 17.4. The molecular weight excluding hydrogens is 452 g/mol. The number of benzene rings is 3. The van der Waals surface area contributed by atoms with Crippen LogP contribution in [0, 0.1) is 6.92 Å². The van der Waals surface area contributed by atoms with Gasteiger partial charge in [0.05, 0.1) is 27.8 Å². The van der Waals surface area contributed by atoms with Crippen LogP contribution >= 0.6 is 11.6 Å². The molecule has 0 aliphatic carbocycles. The number of para-hydroxylation sites is 1. The molecule has 7 nitrogen and oxygen atoms in total. The van der Waals surface area contributed by atoms with Crippen LogP contribution in [0.25, 0.3) is 0 Å². The van der Waals surface area contributed by atoms with Crippen LogP contribution < -0.4 is 10.0 Å². The Balaban J connectivity index is 1.83. The van der Waals surface area contributed by atoms with Gasteiger partial charge in [0.2, 0.25) is 0 Å². The number of anilines is 2. The van der Waals surface area contributed by atoms with Crippen LogP contribution in [0.4, 0.5) is 11.4 Å². The van der Waals surface area contributed by atoms with Crippen LogP contribution in [0.1, 0.15) is 33.2 Å². The van der Waals surface area contributed by atoms with Crippen LogP contribution in [0.5, 0.6) is 0 Å². The number of carbonyl (C=O) groups excluding carboxylic acids is 2. The highest BCUT2D eigenvalue weighted by molar-refractivity contribution is 7.92. The van der Waals surface area contributed by atoms with Gasteiger partial charge in [0.15, 0.2) is 0 Å². The summed E-state index contributed by atoms with van der Waals surface area (Å²) in [5.74, 6) is -1.07. The number of hydrogen-bond acceptors (Lipinski definition) is 5. The molecule has 9 heteroatoms. The van der Waals surface area contributed by atoms with Gasteiger partial charge in [-0.05, 0) is 61.9 Å². The van der Waals surface area contributed by atoms with Gasteiger partial charge in [-0.2, -0.15) is 0 Å². The van der Waals surface area contributed by atoms with E-state index in [-0.39, 0.29) is 33.3 Å². The minimum atomic E-state index is -3.91. The second-order valence-electron chi connectivity index (χ2n) is 6.82. The fourth-order valence-electron chi connectivity index (χ4n) is 2.90. The molecule has 32 heavy (non-hydrogen) atoms. The summed E-state index contributed by atoms with van der Waals surface area (Å²) in [4.78, 5) is 24.6. The van der Waals surface area contributed by atoms with Crippen LogP contribution in [-0.2, 0) is 14.8 Å². The van der Waals surface area contributed by atoms with Gasteiger partial charge in [0, 0.05) is 11.3 Å². The summed E-state index contributed by atoms with van der Waals surface area (Å²) in [7, 11) is -3.91. The summed E-state index contributed by atoms with van der Waals surface area (Å²) in [5.41, 5.74) is 1.56. The number of aryl methyl sites for hydroxylation is 1. The summed E-state index contributed by atoms with van der Waals surface area (Å²) < 4.78 is 33.1. The highest BCUT2D eigenvalue weighted by Crippen LogP contribution is 2.25. The third-order valence-electron chi connectivity index (χ3n) is 4.49. The second-order valence-corrected chi connectivity index (χ2v) is 8.88. The molecule has 3 rings (SSSR count). The van der Waals surface area contributed by atoms with E-state index in [1.807, 2.05) is 0 Å². The highest BCUT2D eigenvalue weighted by Gasteiger charge is 2.20. The van der Waals surface area contributed by atoms with E-state index in [1.165, 1.54) is 30.3 Å². The molecular formula is C23H21ClN2O5S. The Morgan fingerprint density at radius 3 is 2.31 bits per heavy atom. The summed E-state index contributed by atoms with van der Waals surface area (Å²) in [6.07, 6.45) is 0. The van der Waals surface area contributed by atoms with Gasteiger partial charge in [-0.15, -0.1) is 0 Å². The molecule has 0 aromatic heterocycles. The van der Waals surface area contributed by atoms with Crippen molar-refractivity contribution in [2.24, 2.45) is 0 Å². The van der Waals surface area contributed by atoms with Gasteiger partial charge in [-0.1, -0.05) is 35.9 Å². The summed E-state index contributed by atoms with van der Waals surface area (Å²) in [6.45, 7) is 3.57. The summed E-state index contributed by atoms with van der Waals surface area (Å²) in [5, 5.41) is 2.78. The van der Waals surface area contributed by atoms with E-state index in [0.29, 0.717) is 11.3 Å². The van der Waals surface area contributed by atoms with Crippen molar-refractivity contribution in [3.63, 3.8) is 0 Å². The average Bonchev–Trinajstić information content (AvgIpc) is 2.75. The second kappa shape index (κ2) is 9.84. The van der Waals surface area contributed by atoms with Crippen molar-refractivity contribution in [3.05, 3.63) is 88.4 Å². The molecule has 0 spiro atoms. The van der Waals surface area contributed by atoms with Crippen LogP contribution in [0.3, 0.4) is 0 Å². The van der Waals surface area contributed by atoms with Gasteiger partial charge >= 0.3 is 5.97 Å². The molecule has 0 aliphatic heterocycles. The molecule has 166 valence electrons. The zero-order chi connectivity index (χ0) is 23.3. The molecule has 0 atom stereocenters. The molecule has 3 aromatic carbocycles. The Bertz CT molecular complexity index is 1260. The maximum atomic E-state index is 12.9. The molecule has 0 unspecified atom stereocenters. The number of halogens is 1. The third-order valence-corrected chi connectivity index (χ3v) is 6.33. The first-order valence-corrected chi connectivity index (χ1v) is 11.5. The number of rotatable bonds is 7. The monoisotopic (exact) mass is 472 g/mol. The predicted molar refractivity (Wildman–Crippen MR) is 124 cm³/mol. The van der Waals surface area contributed by atoms with Crippen molar-refractivity contribution in [2.75, 3.05) is 16.6 Å². The number of ether oxygens (including phenoxy) is 1. The largest absolute Gasteiger partial charge is 0.462 e. The van der Waals surface area contributed by atoms with E-state index < -0.39 is 21.9 Å². The lowest BCUT2D eigenvalue weighted by molar-refractivity contribution is 0.0526. The van der Waals surface area contributed by atoms with E-state index in [1.54, 1.807) is 50.2 Å².